The lowest BCUT2D eigenvalue weighted by atomic mass is 10.1. The molecule has 0 spiro atoms. The summed E-state index contributed by atoms with van der Waals surface area (Å²) in [4.78, 5) is 18.6. The van der Waals surface area contributed by atoms with E-state index in [-0.39, 0.29) is 17.8 Å². The summed E-state index contributed by atoms with van der Waals surface area (Å²) in [5, 5.41) is 3.47. The van der Waals surface area contributed by atoms with E-state index in [4.69, 9.17) is 9.47 Å². The molecule has 7 nitrogen and oxygen atoms in total. The zero-order chi connectivity index (χ0) is 20.8. The van der Waals surface area contributed by atoms with Crippen LogP contribution < -0.4 is 10.9 Å². The lowest BCUT2D eigenvalue weighted by Gasteiger charge is -2.37. The van der Waals surface area contributed by atoms with Crippen molar-refractivity contribution in [3.05, 3.63) is 70.1 Å². The number of benzene rings is 1. The Morgan fingerprint density at radius 2 is 1.90 bits per heavy atom. The molecule has 30 heavy (non-hydrogen) atoms. The molecule has 2 atom stereocenters. The monoisotopic (exact) mass is 410 g/mol. The van der Waals surface area contributed by atoms with Crippen molar-refractivity contribution >= 4 is 5.96 Å². The first-order valence-corrected chi connectivity index (χ1v) is 10.6. The summed E-state index contributed by atoms with van der Waals surface area (Å²) in [7, 11) is 1.82. The van der Waals surface area contributed by atoms with E-state index in [0.717, 1.165) is 44.1 Å². The number of guanidine groups is 1. The first kappa shape index (κ1) is 20.6. The summed E-state index contributed by atoms with van der Waals surface area (Å²) in [6.45, 7) is 4.43. The SMILES string of the molecule is CN=C(NCc1ccc(Cn2ccccc2=O)cc1)N1CCOC(C2CCCO2)C1. The van der Waals surface area contributed by atoms with Gasteiger partial charge in [-0.25, -0.2) is 0 Å². The lowest BCUT2D eigenvalue weighted by Crippen LogP contribution is -2.53. The Hall–Kier alpha value is -2.64. The van der Waals surface area contributed by atoms with Gasteiger partial charge in [0.25, 0.3) is 5.56 Å². The van der Waals surface area contributed by atoms with Crippen LogP contribution in [0.25, 0.3) is 0 Å². The fourth-order valence-electron chi connectivity index (χ4n) is 4.05. The Morgan fingerprint density at radius 3 is 2.63 bits per heavy atom. The van der Waals surface area contributed by atoms with Gasteiger partial charge in [-0.2, -0.15) is 0 Å². The van der Waals surface area contributed by atoms with Gasteiger partial charge in [-0.3, -0.25) is 9.79 Å². The summed E-state index contributed by atoms with van der Waals surface area (Å²) in [5.41, 5.74) is 2.28. The second kappa shape index (κ2) is 9.91. The van der Waals surface area contributed by atoms with Gasteiger partial charge in [-0.15, -0.1) is 0 Å². The van der Waals surface area contributed by atoms with E-state index < -0.39 is 0 Å². The van der Waals surface area contributed by atoms with Crippen LogP contribution in [-0.4, -0.2) is 61.0 Å². The minimum atomic E-state index is 0.0128. The topological polar surface area (TPSA) is 68.1 Å². The number of nitrogens with one attached hydrogen (secondary N) is 1. The molecule has 7 heteroatoms. The molecule has 0 radical (unpaired) electrons. The number of rotatable bonds is 5. The second-order valence-corrected chi connectivity index (χ2v) is 7.79. The number of pyridine rings is 1. The van der Waals surface area contributed by atoms with Gasteiger partial charge < -0.3 is 24.3 Å². The van der Waals surface area contributed by atoms with Gasteiger partial charge in [-0.05, 0) is 30.0 Å². The Morgan fingerprint density at radius 1 is 1.10 bits per heavy atom. The van der Waals surface area contributed by atoms with Crippen LogP contribution in [0.1, 0.15) is 24.0 Å². The molecule has 2 aromatic rings. The normalized spacial score (nSPS) is 22.3. The van der Waals surface area contributed by atoms with Crippen LogP contribution >= 0.6 is 0 Å². The summed E-state index contributed by atoms with van der Waals surface area (Å²) in [5.74, 6) is 0.890. The van der Waals surface area contributed by atoms with Crippen molar-refractivity contribution in [2.75, 3.05) is 33.4 Å². The maximum atomic E-state index is 11.9. The van der Waals surface area contributed by atoms with Gasteiger partial charge in [0, 0.05) is 45.6 Å². The van der Waals surface area contributed by atoms with Crippen LogP contribution in [0.4, 0.5) is 0 Å². The van der Waals surface area contributed by atoms with Gasteiger partial charge in [0.2, 0.25) is 0 Å². The van der Waals surface area contributed by atoms with Crippen molar-refractivity contribution in [1.29, 1.82) is 0 Å². The molecule has 0 amide bonds. The maximum absolute atomic E-state index is 11.9. The molecule has 4 rings (SSSR count). The Bertz CT molecular complexity index is 903. The standard InChI is InChI=1S/C23H30N4O3/c1-24-23(27-12-14-30-21(17-27)20-5-4-13-29-20)25-15-18-7-9-19(10-8-18)16-26-11-3-2-6-22(26)28/h2-3,6-11,20-21H,4-5,12-17H2,1H3,(H,24,25). The molecule has 3 heterocycles. The van der Waals surface area contributed by atoms with Gasteiger partial charge in [0.15, 0.2) is 5.96 Å². The highest BCUT2D eigenvalue weighted by molar-refractivity contribution is 5.80. The van der Waals surface area contributed by atoms with Gasteiger partial charge in [-0.1, -0.05) is 30.3 Å². The number of hydrogen-bond acceptors (Lipinski definition) is 4. The number of ether oxygens (including phenoxy) is 2. The molecule has 1 aromatic heterocycles. The molecular weight excluding hydrogens is 380 g/mol. The van der Waals surface area contributed by atoms with Crippen LogP contribution in [0, 0.1) is 0 Å². The van der Waals surface area contributed by atoms with Crippen molar-refractivity contribution in [3.8, 4) is 0 Å². The number of morpholine rings is 1. The van der Waals surface area contributed by atoms with Crippen LogP contribution in [-0.2, 0) is 22.6 Å². The molecule has 2 aliphatic heterocycles. The molecule has 1 N–H and O–H groups in total. The summed E-state index contributed by atoms with van der Waals surface area (Å²) >= 11 is 0. The highest BCUT2D eigenvalue weighted by Gasteiger charge is 2.32. The highest BCUT2D eigenvalue weighted by atomic mass is 16.5. The van der Waals surface area contributed by atoms with E-state index in [2.05, 4.69) is 39.5 Å². The van der Waals surface area contributed by atoms with E-state index in [1.807, 2.05) is 19.3 Å². The van der Waals surface area contributed by atoms with Crippen molar-refractivity contribution in [1.82, 2.24) is 14.8 Å². The Labute approximate surface area is 177 Å². The van der Waals surface area contributed by atoms with Gasteiger partial charge >= 0.3 is 0 Å². The molecule has 0 saturated carbocycles. The minimum Gasteiger partial charge on any atom is -0.375 e. The molecule has 160 valence electrons. The van der Waals surface area contributed by atoms with Crippen LogP contribution in [0.2, 0.25) is 0 Å². The highest BCUT2D eigenvalue weighted by Crippen LogP contribution is 2.21. The van der Waals surface area contributed by atoms with E-state index in [1.165, 1.54) is 5.56 Å². The van der Waals surface area contributed by atoms with Crippen LogP contribution in [0.3, 0.4) is 0 Å². The van der Waals surface area contributed by atoms with Crippen molar-refractivity contribution in [2.45, 2.75) is 38.1 Å². The van der Waals surface area contributed by atoms with Crippen molar-refractivity contribution in [3.63, 3.8) is 0 Å². The smallest absolute Gasteiger partial charge is 0.250 e. The molecule has 2 fully saturated rings. The van der Waals surface area contributed by atoms with Crippen LogP contribution in [0.15, 0.2) is 58.4 Å². The van der Waals surface area contributed by atoms with E-state index in [0.29, 0.717) is 19.7 Å². The van der Waals surface area contributed by atoms with Crippen molar-refractivity contribution in [2.24, 2.45) is 4.99 Å². The van der Waals surface area contributed by atoms with E-state index in [1.54, 1.807) is 16.7 Å². The average Bonchev–Trinajstić information content (AvgIpc) is 3.32. The number of hydrogen-bond donors (Lipinski definition) is 1. The van der Waals surface area contributed by atoms with Gasteiger partial charge in [0.1, 0.15) is 6.10 Å². The average molecular weight is 411 g/mol. The summed E-state index contributed by atoms with van der Waals surface area (Å²) in [6.07, 6.45) is 4.32. The van der Waals surface area contributed by atoms with Crippen LogP contribution in [0.5, 0.6) is 0 Å². The lowest BCUT2D eigenvalue weighted by molar-refractivity contribution is -0.0817. The Balaban J connectivity index is 1.31. The predicted octanol–water partition coefficient (Wildman–Crippen LogP) is 1.85. The molecule has 2 aliphatic rings. The predicted molar refractivity (Wildman–Crippen MR) is 117 cm³/mol. The number of aliphatic imine (C=N–C) groups is 1. The maximum Gasteiger partial charge on any atom is 0.250 e. The zero-order valence-corrected chi connectivity index (χ0v) is 17.5. The molecule has 0 bridgehead atoms. The number of nitrogens with zero attached hydrogens (tertiary/aromatic N) is 3. The Kier molecular flexibility index (Phi) is 6.81. The van der Waals surface area contributed by atoms with E-state index in [9.17, 15) is 4.79 Å². The molecule has 2 saturated heterocycles. The fourth-order valence-corrected chi connectivity index (χ4v) is 4.05. The summed E-state index contributed by atoms with van der Waals surface area (Å²) in [6, 6.07) is 13.6. The van der Waals surface area contributed by atoms with Gasteiger partial charge in [0.05, 0.1) is 19.3 Å². The summed E-state index contributed by atoms with van der Waals surface area (Å²) < 4.78 is 13.5. The second-order valence-electron chi connectivity index (χ2n) is 7.79. The van der Waals surface area contributed by atoms with Crippen molar-refractivity contribution < 1.29 is 9.47 Å². The third-order valence-corrected chi connectivity index (χ3v) is 5.71. The number of aromatic nitrogens is 1. The minimum absolute atomic E-state index is 0.0128. The zero-order valence-electron chi connectivity index (χ0n) is 17.5. The molecule has 2 unspecified atom stereocenters. The quantitative estimate of drug-likeness (QED) is 0.602. The fraction of sp³-hybridized carbons (Fsp3) is 0.478. The molecule has 0 aliphatic carbocycles. The third-order valence-electron chi connectivity index (χ3n) is 5.71. The molecular formula is C23H30N4O3. The van der Waals surface area contributed by atoms with E-state index >= 15 is 0 Å². The first-order valence-electron chi connectivity index (χ1n) is 10.6. The first-order chi connectivity index (χ1) is 14.7. The largest absolute Gasteiger partial charge is 0.375 e. The molecule has 1 aromatic carbocycles. The third kappa shape index (κ3) is 5.09.